The van der Waals surface area contributed by atoms with E-state index in [-0.39, 0.29) is 5.15 Å². The van der Waals surface area contributed by atoms with Crippen molar-refractivity contribution in [3.05, 3.63) is 87.8 Å². The molecular weight excluding hydrogens is 461 g/mol. The van der Waals surface area contributed by atoms with Gasteiger partial charge >= 0.3 is 0 Å². The van der Waals surface area contributed by atoms with E-state index >= 15 is 0 Å². The Balaban J connectivity index is 1.77. The topological polar surface area (TPSA) is 73.2 Å². The number of nitrogens with zero attached hydrogens (tertiary/aromatic N) is 2. The molecule has 0 saturated carbocycles. The molecule has 0 radical (unpaired) electrons. The van der Waals surface area contributed by atoms with Gasteiger partial charge in [0.15, 0.2) is 0 Å². The van der Waals surface area contributed by atoms with E-state index in [9.17, 15) is 9.59 Å². The SMILES string of the molecule is CCOc1ccc2c(c1)c(C(=O)C(=O)Nc1ccnc(Cl)c1)c(C)n2Cc1ccc(Cl)cc1. The average molecular weight is 482 g/mol. The summed E-state index contributed by atoms with van der Waals surface area (Å²) >= 11 is 11.9. The van der Waals surface area contributed by atoms with Gasteiger partial charge in [0.05, 0.1) is 12.2 Å². The van der Waals surface area contributed by atoms with Crippen LogP contribution in [0.5, 0.6) is 5.75 Å². The fraction of sp³-hybridized carbons (Fsp3) is 0.160. The fourth-order valence-electron chi connectivity index (χ4n) is 3.76. The second-order valence-corrected chi connectivity index (χ2v) is 8.26. The molecule has 0 spiro atoms. The van der Waals surface area contributed by atoms with Crippen LogP contribution in [-0.2, 0) is 11.3 Å². The van der Waals surface area contributed by atoms with Crippen molar-refractivity contribution in [3.63, 3.8) is 0 Å². The Morgan fingerprint density at radius 1 is 1.06 bits per heavy atom. The van der Waals surface area contributed by atoms with Crippen molar-refractivity contribution in [2.45, 2.75) is 20.4 Å². The monoisotopic (exact) mass is 481 g/mol. The van der Waals surface area contributed by atoms with Crippen LogP contribution < -0.4 is 10.1 Å². The molecule has 1 N–H and O–H groups in total. The average Bonchev–Trinajstić information content (AvgIpc) is 3.05. The Kier molecular flexibility index (Phi) is 6.67. The minimum absolute atomic E-state index is 0.220. The quantitative estimate of drug-likeness (QED) is 0.202. The van der Waals surface area contributed by atoms with Crippen LogP contribution in [-0.4, -0.2) is 27.8 Å². The highest BCUT2D eigenvalue weighted by Crippen LogP contribution is 2.31. The van der Waals surface area contributed by atoms with Crippen LogP contribution in [0, 0.1) is 6.92 Å². The number of anilines is 1. The van der Waals surface area contributed by atoms with Crippen LogP contribution in [0.4, 0.5) is 5.69 Å². The normalized spacial score (nSPS) is 10.9. The summed E-state index contributed by atoms with van der Waals surface area (Å²) < 4.78 is 7.65. The van der Waals surface area contributed by atoms with Crippen molar-refractivity contribution in [1.29, 1.82) is 0 Å². The maximum atomic E-state index is 13.3. The summed E-state index contributed by atoms with van der Waals surface area (Å²) in [5.41, 5.74) is 3.25. The number of hydrogen-bond donors (Lipinski definition) is 1. The number of hydrogen-bond acceptors (Lipinski definition) is 4. The minimum Gasteiger partial charge on any atom is -0.494 e. The zero-order chi connectivity index (χ0) is 23.5. The maximum Gasteiger partial charge on any atom is 0.296 e. The molecule has 33 heavy (non-hydrogen) atoms. The number of pyridine rings is 1. The lowest BCUT2D eigenvalue weighted by Gasteiger charge is -2.10. The van der Waals surface area contributed by atoms with Gasteiger partial charge in [0.2, 0.25) is 0 Å². The number of fused-ring (bicyclic) bond motifs is 1. The maximum absolute atomic E-state index is 13.3. The smallest absolute Gasteiger partial charge is 0.296 e. The van der Waals surface area contributed by atoms with Gasteiger partial charge in [0.1, 0.15) is 10.9 Å². The van der Waals surface area contributed by atoms with Crippen LogP contribution in [0.2, 0.25) is 10.2 Å². The molecule has 168 valence electrons. The summed E-state index contributed by atoms with van der Waals surface area (Å²) in [5, 5.41) is 4.13. The third kappa shape index (κ3) is 4.87. The number of rotatable bonds is 7. The second kappa shape index (κ2) is 9.65. The Hall–Kier alpha value is -3.35. The molecule has 1 amide bonds. The standard InChI is InChI=1S/C25H21Cl2N3O3/c1-3-33-19-8-9-21-20(13-19)23(15(2)30(21)14-16-4-6-17(26)7-5-16)24(31)25(32)29-18-10-11-28-22(27)12-18/h4-13H,3,14H2,1-2H3,(H,28,29,32). The molecule has 6 nitrogen and oxygen atoms in total. The van der Waals surface area contributed by atoms with Gasteiger partial charge in [-0.2, -0.15) is 0 Å². The molecule has 2 aromatic heterocycles. The van der Waals surface area contributed by atoms with Crippen molar-refractivity contribution >= 4 is 51.5 Å². The van der Waals surface area contributed by atoms with Crippen molar-refractivity contribution in [3.8, 4) is 5.75 Å². The van der Waals surface area contributed by atoms with Crippen LogP contribution in [0.1, 0.15) is 28.5 Å². The number of ketones is 1. The van der Waals surface area contributed by atoms with Crippen molar-refractivity contribution in [1.82, 2.24) is 9.55 Å². The lowest BCUT2D eigenvalue weighted by Crippen LogP contribution is -2.23. The molecule has 0 unspecified atom stereocenters. The zero-order valence-corrected chi connectivity index (χ0v) is 19.6. The lowest BCUT2D eigenvalue weighted by molar-refractivity contribution is -0.112. The zero-order valence-electron chi connectivity index (χ0n) is 18.1. The number of carbonyl (C=O) groups excluding carboxylic acids is 2. The van der Waals surface area contributed by atoms with Crippen LogP contribution in [0.15, 0.2) is 60.8 Å². The van der Waals surface area contributed by atoms with Gasteiger partial charge in [-0.25, -0.2) is 4.98 Å². The third-order valence-electron chi connectivity index (χ3n) is 5.28. The molecule has 0 aliphatic heterocycles. The fourth-order valence-corrected chi connectivity index (χ4v) is 4.06. The first-order valence-corrected chi connectivity index (χ1v) is 11.1. The number of benzene rings is 2. The van der Waals surface area contributed by atoms with Gasteiger partial charge in [0.25, 0.3) is 11.7 Å². The van der Waals surface area contributed by atoms with E-state index in [1.165, 1.54) is 12.3 Å². The molecule has 0 atom stereocenters. The Labute approximate surface area is 201 Å². The minimum atomic E-state index is -0.757. The summed E-state index contributed by atoms with van der Waals surface area (Å²) in [6.45, 7) is 4.73. The lowest BCUT2D eigenvalue weighted by atomic mass is 10.1. The van der Waals surface area contributed by atoms with E-state index in [2.05, 4.69) is 10.3 Å². The first-order valence-electron chi connectivity index (χ1n) is 10.3. The molecule has 0 bridgehead atoms. The molecule has 0 fully saturated rings. The van der Waals surface area contributed by atoms with E-state index < -0.39 is 11.7 Å². The highest BCUT2D eigenvalue weighted by molar-refractivity contribution is 6.48. The van der Waals surface area contributed by atoms with E-state index in [4.69, 9.17) is 27.9 Å². The van der Waals surface area contributed by atoms with Gasteiger partial charge in [-0.1, -0.05) is 35.3 Å². The number of aromatic nitrogens is 2. The van der Waals surface area contributed by atoms with Crippen molar-refractivity contribution < 1.29 is 14.3 Å². The summed E-state index contributed by atoms with van der Waals surface area (Å²) in [5.74, 6) is -0.773. The van der Waals surface area contributed by atoms with Gasteiger partial charge in [-0.05, 0) is 61.9 Å². The largest absolute Gasteiger partial charge is 0.494 e. The number of Topliss-reactive ketones (excluding diaryl/α,β-unsaturated/α-hetero) is 1. The van der Waals surface area contributed by atoms with Gasteiger partial charge in [-0.15, -0.1) is 0 Å². The third-order valence-corrected chi connectivity index (χ3v) is 5.74. The second-order valence-electron chi connectivity index (χ2n) is 7.44. The molecule has 4 aromatic rings. The molecule has 0 aliphatic carbocycles. The van der Waals surface area contributed by atoms with E-state index in [0.717, 1.165) is 11.1 Å². The highest BCUT2D eigenvalue weighted by atomic mass is 35.5. The molecule has 8 heteroatoms. The predicted molar refractivity (Wildman–Crippen MR) is 131 cm³/mol. The Morgan fingerprint density at radius 2 is 1.82 bits per heavy atom. The Morgan fingerprint density at radius 3 is 2.52 bits per heavy atom. The van der Waals surface area contributed by atoms with Gasteiger partial charge in [-0.3, -0.25) is 9.59 Å². The van der Waals surface area contributed by atoms with Crippen molar-refractivity contribution in [2.24, 2.45) is 0 Å². The van der Waals surface area contributed by atoms with Crippen LogP contribution in [0.25, 0.3) is 10.9 Å². The summed E-state index contributed by atoms with van der Waals surface area (Å²) in [7, 11) is 0. The molecule has 2 aromatic carbocycles. The summed E-state index contributed by atoms with van der Waals surface area (Å²) in [6.07, 6.45) is 1.46. The number of ether oxygens (including phenoxy) is 1. The number of carbonyl (C=O) groups is 2. The van der Waals surface area contributed by atoms with Gasteiger partial charge < -0.3 is 14.6 Å². The van der Waals surface area contributed by atoms with E-state index in [1.807, 2.05) is 54.8 Å². The predicted octanol–water partition coefficient (Wildman–Crippen LogP) is 5.92. The molecule has 4 rings (SSSR count). The van der Waals surface area contributed by atoms with Crippen LogP contribution >= 0.6 is 23.2 Å². The first-order chi connectivity index (χ1) is 15.9. The number of nitrogens with one attached hydrogen (secondary N) is 1. The van der Waals surface area contributed by atoms with E-state index in [1.54, 1.807) is 12.1 Å². The molecule has 0 saturated heterocycles. The first kappa shape index (κ1) is 22.8. The Bertz CT molecular complexity index is 1350. The van der Waals surface area contributed by atoms with E-state index in [0.29, 0.717) is 46.3 Å². The van der Waals surface area contributed by atoms with Gasteiger partial charge in [0, 0.05) is 40.0 Å². The number of halogens is 2. The van der Waals surface area contributed by atoms with Crippen molar-refractivity contribution in [2.75, 3.05) is 11.9 Å². The van der Waals surface area contributed by atoms with Crippen LogP contribution in [0.3, 0.4) is 0 Å². The highest BCUT2D eigenvalue weighted by Gasteiger charge is 2.26. The summed E-state index contributed by atoms with van der Waals surface area (Å²) in [6, 6.07) is 16.1. The number of amides is 1. The molecule has 2 heterocycles. The molecule has 0 aliphatic rings. The molecular formula is C25H21Cl2N3O3. The summed E-state index contributed by atoms with van der Waals surface area (Å²) in [4.78, 5) is 30.1.